The molecule has 1 aromatic heterocycles. The summed E-state index contributed by atoms with van der Waals surface area (Å²) in [6, 6.07) is 6.49. The van der Waals surface area contributed by atoms with Crippen molar-refractivity contribution in [1.82, 2.24) is 5.16 Å². The van der Waals surface area contributed by atoms with Crippen molar-refractivity contribution in [2.75, 3.05) is 6.54 Å². The third kappa shape index (κ3) is 2.93. The summed E-state index contributed by atoms with van der Waals surface area (Å²) in [4.78, 5) is 0. The van der Waals surface area contributed by atoms with Crippen molar-refractivity contribution in [3.05, 3.63) is 40.6 Å². The maximum atomic E-state index is 5.55. The zero-order valence-electron chi connectivity index (χ0n) is 13.1. The summed E-state index contributed by atoms with van der Waals surface area (Å²) < 4.78 is 5.48. The van der Waals surface area contributed by atoms with Crippen LogP contribution in [0.4, 0.5) is 0 Å². The molecule has 20 heavy (non-hydrogen) atoms. The first-order valence-electron chi connectivity index (χ1n) is 7.10. The molecule has 1 heterocycles. The Morgan fingerprint density at radius 1 is 1.10 bits per heavy atom. The fourth-order valence-corrected chi connectivity index (χ4v) is 2.48. The average Bonchev–Trinajstić information content (AvgIpc) is 2.76. The normalized spacial score (nSPS) is 11.9. The molecule has 0 fully saturated rings. The molecule has 3 heteroatoms. The van der Waals surface area contributed by atoms with Gasteiger partial charge in [0.25, 0.3) is 0 Å². The molecule has 1 aromatic carbocycles. The molecule has 0 unspecified atom stereocenters. The predicted octanol–water partition coefficient (Wildman–Crippen LogP) is 3.76. The lowest BCUT2D eigenvalue weighted by atomic mass is 9.83. The van der Waals surface area contributed by atoms with Crippen LogP contribution in [-0.2, 0) is 11.8 Å². The van der Waals surface area contributed by atoms with Crippen molar-refractivity contribution >= 4 is 0 Å². The topological polar surface area (TPSA) is 52.0 Å². The highest BCUT2D eigenvalue weighted by Gasteiger charge is 2.18. The fourth-order valence-electron chi connectivity index (χ4n) is 2.48. The van der Waals surface area contributed by atoms with Crippen LogP contribution in [-0.4, -0.2) is 11.7 Å². The average molecular weight is 272 g/mol. The molecular weight excluding hydrogens is 248 g/mol. The van der Waals surface area contributed by atoms with Gasteiger partial charge in [-0.25, -0.2) is 0 Å². The van der Waals surface area contributed by atoms with E-state index in [9.17, 15) is 0 Å². The number of aromatic nitrogens is 1. The number of nitrogens with two attached hydrogens (primary N) is 1. The summed E-state index contributed by atoms with van der Waals surface area (Å²) in [6.45, 7) is 11.5. The zero-order chi connectivity index (χ0) is 14.9. The minimum atomic E-state index is 0.153. The lowest BCUT2D eigenvalue weighted by Crippen LogP contribution is -2.12. The van der Waals surface area contributed by atoms with Gasteiger partial charge in [-0.3, -0.25) is 0 Å². The maximum absolute atomic E-state index is 5.55. The van der Waals surface area contributed by atoms with Gasteiger partial charge < -0.3 is 10.3 Å². The molecule has 0 radical (unpaired) electrons. The molecule has 0 aliphatic rings. The van der Waals surface area contributed by atoms with Crippen LogP contribution in [0.1, 0.15) is 43.2 Å². The molecule has 0 saturated heterocycles. The first-order valence-corrected chi connectivity index (χ1v) is 7.10. The van der Waals surface area contributed by atoms with Gasteiger partial charge in [0, 0.05) is 18.1 Å². The highest BCUT2D eigenvalue weighted by molar-refractivity contribution is 5.67. The zero-order valence-corrected chi connectivity index (χ0v) is 13.1. The Labute approximate surface area is 121 Å². The SMILES string of the molecule is Cc1cc(C(C)(C)C)cc(C)c1-c1cc(CCN)no1. The predicted molar refractivity (Wildman–Crippen MR) is 82.9 cm³/mol. The van der Waals surface area contributed by atoms with Crippen LogP contribution in [0.5, 0.6) is 0 Å². The fraction of sp³-hybridized carbons (Fsp3) is 0.471. The number of nitrogens with zero attached hydrogens (tertiary/aromatic N) is 1. The minimum absolute atomic E-state index is 0.153. The van der Waals surface area contributed by atoms with E-state index in [0.29, 0.717) is 6.54 Å². The first-order chi connectivity index (χ1) is 9.32. The molecule has 0 bridgehead atoms. The second kappa shape index (κ2) is 5.41. The van der Waals surface area contributed by atoms with Crippen LogP contribution < -0.4 is 5.73 Å². The van der Waals surface area contributed by atoms with Crippen LogP contribution in [0.25, 0.3) is 11.3 Å². The molecule has 2 N–H and O–H groups in total. The molecule has 2 rings (SSSR count). The maximum Gasteiger partial charge on any atom is 0.167 e. The van der Waals surface area contributed by atoms with Gasteiger partial charge in [-0.1, -0.05) is 38.1 Å². The molecule has 108 valence electrons. The first kappa shape index (κ1) is 14.8. The molecule has 2 aromatic rings. The van der Waals surface area contributed by atoms with Crippen molar-refractivity contribution in [3.63, 3.8) is 0 Å². The summed E-state index contributed by atoms with van der Waals surface area (Å²) in [7, 11) is 0. The van der Waals surface area contributed by atoms with E-state index in [1.807, 2.05) is 6.07 Å². The molecule has 0 aliphatic heterocycles. The van der Waals surface area contributed by atoms with Gasteiger partial charge >= 0.3 is 0 Å². The van der Waals surface area contributed by atoms with E-state index >= 15 is 0 Å². The number of hydrogen-bond donors (Lipinski definition) is 1. The van der Waals surface area contributed by atoms with Crippen molar-refractivity contribution in [2.45, 2.75) is 46.5 Å². The number of hydrogen-bond acceptors (Lipinski definition) is 3. The lowest BCUT2D eigenvalue weighted by molar-refractivity contribution is 0.423. The quantitative estimate of drug-likeness (QED) is 0.925. The van der Waals surface area contributed by atoms with Crippen molar-refractivity contribution in [2.24, 2.45) is 5.73 Å². The van der Waals surface area contributed by atoms with Gasteiger partial charge in [0.1, 0.15) is 0 Å². The third-order valence-electron chi connectivity index (χ3n) is 3.60. The van der Waals surface area contributed by atoms with Gasteiger partial charge in [0.05, 0.1) is 5.69 Å². The van der Waals surface area contributed by atoms with Crippen molar-refractivity contribution in [1.29, 1.82) is 0 Å². The third-order valence-corrected chi connectivity index (χ3v) is 3.60. The Kier molecular flexibility index (Phi) is 4.00. The van der Waals surface area contributed by atoms with Crippen LogP contribution >= 0.6 is 0 Å². The van der Waals surface area contributed by atoms with E-state index in [0.717, 1.165) is 23.4 Å². The van der Waals surface area contributed by atoms with E-state index in [2.05, 4.69) is 51.9 Å². The Bertz CT molecular complexity index is 583. The van der Waals surface area contributed by atoms with E-state index in [-0.39, 0.29) is 5.41 Å². The number of benzene rings is 1. The van der Waals surface area contributed by atoms with Gasteiger partial charge in [0.15, 0.2) is 5.76 Å². The van der Waals surface area contributed by atoms with E-state index in [4.69, 9.17) is 10.3 Å². The Morgan fingerprint density at radius 2 is 1.70 bits per heavy atom. The van der Waals surface area contributed by atoms with Gasteiger partial charge in [0.2, 0.25) is 0 Å². The summed E-state index contributed by atoms with van der Waals surface area (Å²) in [5.74, 6) is 0.837. The summed E-state index contributed by atoms with van der Waals surface area (Å²) >= 11 is 0. The monoisotopic (exact) mass is 272 g/mol. The molecule has 0 amide bonds. The molecule has 0 spiro atoms. The molecule has 0 saturated carbocycles. The van der Waals surface area contributed by atoms with Crippen LogP contribution in [0.2, 0.25) is 0 Å². The van der Waals surface area contributed by atoms with Gasteiger partial charge in [-0.15, -0.1) is 0 Å². The molecule has 0 aliphatic carbocycles. The molecule has 0 atom stereocenters. The van der Waals surface area contributed by atoms with Crippen LogP contribution in [0.3, 0.4) is 0 Å². The summed E-state index contributed by atoms with van der Waals surface area (Å²) in [5.41, 5.74) is 11.6. The number of rotatable bonds is 3. The Balaban J connectivity index is 2.46. The van der Waals surface area contributed by atoms with Crippen molar-refractivity contribution in [3.8, 4) is 11.3 Å². The lowest BCUT2D eigenvalue weighted by Gasteiger charge is -2.21. The highest BCUT2D eigenvalue weighted by atomic mass is 16.5. The number of aryl methyl sites for hydroxylation is 2. The van der Waals surface area contributed by atoms with E-state index in [1.165, 1.54) is 16.7 Å². The van der Waals surface area contributed by atoms with Crippen LogP contribution in [0, 0.1) is 13.8 Å². The summed E-state index contributed by atoms with van der Waals surface area (Å²) in [6.07, 6.45) is 0.752. The van der Waals surface area contributed by atoms with Crippen LogP contribution in [0.15, 0.2) is 22.7 Å². The smallest absolute Gasteiger partial charge is 0.167 e. The minimum Gasteiger partial charge on any atom is -0.356 e. The second-order valence-electron chi connectivity index (χ2n) is 6.46. The van der Waals surface area contributed by atoms with Crippen molar-refractivity contribution < 1.29 is 4.52 Å². The second-order valence-corrected chi connectivity index (χ2v) is 6.46. The van der Waals surface area contributed by atoms with Gasteiger partial charge in [-0.2, -0.15) is 0 Å². The molecular formula is C17H24N2O. The standard InChI is InChI=1S/C17H24N2O/c1-11-8-13(17(3,4)5)9-12(2)16(11)15-10-14(6-7-18)19-20-15/h8-10H,6-7,18H2,1-5H3. The van der Waals surface area contributed by atoms with E-state index in [1.54, 1.807) is 0 Å². The Hall–Kier alpha value is -1.61. The van der Waals surface area contributed by atoms with E-state index < -0.39 is 0 Å². The Morgan fingerprint density at radius 3 is 2.20 bits per heavy atom. The largest absolute Gasteiger partial charge is 0.356 e. The van der Waals surface area contributed by atoms with Gasteiger partial charge in [-0.05, 0) is 42.5 Å². The summed E-state index contributed by atoms with van der Waals surface area (Å²) in [5, 5.41) is 4.08. The molecule has 3 nitrogen and oxygen atoms in total. The highest BCUT2D eigenvalue weighted by Crippen LogP contribution is 2.33.